The second kappa shape index (κ2) is 4.23. The summed E-state index contributed by atoms with van der Waals surface area (Å²) in [6.07, 6.45) is 4.61. The van der Waals surface area contributed by atoms with Crippen LogP contribution in [-0.2, 0) is 4.74 Å². The third kappa shape index (κ3) is 1.86. The van der Waals surface area contributed by atoms with Gasteiger partial charge in [-0.3, -0.25) is 4.90 Å². The smallest absolute Gasteiger partial charge is 0.410 e. The highest BCUT2D eigenvalue weighted by molar-refractivity contribution is 5.69. The van der Waals surface area contributed by atoms with Crippen LogP contribution < -0.4 is 0 Å². The second-order valence-corrected chi connectivity index (χ2v) is 4.09. The van der Waals surface area contributed by atoms with Crippen molar-refractivity contribution in [1.82, 2.24) is 4.90 Å². The number of nitrogens with zero attached hydrogens (tertiary/aromatic N) is 1. The summed E-state index contributed by atoms with van der Waals surface area (Å²) in [6, 6.07) is 0.381. The van der Waals surface area contributed by atoms with Gasteiger partial charge in [0.1, 0.15) is 0 Å². The molecule has 2 heterocycles. The van der Waals surface area contributed by atoms with Crippen LogP contribution in [0.2, 0.25) is 0 Å². The lowest BCUT2D eigenvalue weighted by molar-refractivity contribution is 0.0905. The molecule has 0 radical (unpaired) electrons. The minimum atomic E-state index is -0.210. The Bertz CT molecular complexity index is 288. The van der Waals surface area contributed by atoms with Crippen LogP contribution >= 0.6 is 0 Å². The number of aliphatic hydroxyl groups excluding tert-OH is 1. The number of carbonyl (C=O) groups excluding carboxylic acids is 1. The highest BCUT2D eigenvalue weighted by Crippen LogP contribution is 2.34. The van der Waals surface area contributed by atoms with Crippen molar-refractivity contribution in [2.45, 2.75) is 38.3 Å². The number of hydrogen-bond donors (Lipinski definition) is 1. The quantitative estimate of drug-likeness (QED) is 0.700. The fourth-order valence-electron chi connectivity index (χ4n) is 2.52. The normalized spacial score (nSPS) is 28.9. The first kappa shape index (κ1) is 10.5. The van der Waals surface area contributed by atoms with E-state index in [9.17, 15) is 4.79 Å². The van der Waals surface area contributed by atoms with Crippen molar-refractivity contribution in [3.63, 3.8) is 0 Å². The van der Waals surface area contributed by atoms with Crippen molar-refractivity contribution in [2.24, 2.45) is 0 Å². The zero-order chi connectivity index (χ0) is 10.8. The molecule has 0 aliphatic carbocycles. The lowest BCUT2D eigenvalue weighted by atomic mass is 10.0. The van der Waals surface area contributed by atoms with Crippen LogP contribution in [0.1, 0.15) is 26.2 Å². The van der Waals surface area contributed by atoms with Crippen LogP contribution in [-0.4, -0.2) is 41.4 Å². The van der Waals surface area contributed by atoms with Crippen molar-refractivity contribution < 1.29 is 14.6 Å². The van der Waals surface area contributed by atoms with Gasteiger partial charge in [-0.2, -0.15) is 0 Å². The fraction of sp³-hybridized carbons (Fsp3) is 0.727. The topological polar surface area (TPSA) is 49.8 Å². The molecule has 2 rings (SSSR count). The van der Waals surface area contributed by atoms with E-state index >= 15 is 0 Å². The summed E-state index contributed by atoms with van der Waals surface area (Å²) in [6.45, 7) is 2.35. The fourth-order valence-corrected chi connectivity index (χ4v) is 2.52. The van der Waals surface area contributed by atoms with Crippen LogP contribution in [0.5, 0.6) is 0 Å². The first-order chi connectivity index (χ1) is 7.26. The van der Waals surface area contributed by atoms with Crippen molar-refractivity contribution in [2.75, 3.05) is 13.2 Å². The Morgan fingerprint density at radius 1 is 1.67 bits per heavy atom. The maximum absolute atomic E-state index is 11.7. The molecule has 84 valence electrons. The highest BCUT2D eigenvalue weighted by Gasteiger charge is 2.39. The van der Waals surface area contributed by atoms with E-state index in [0.29, 0.717) is 6.61 Å². The first-order valence-corrected chi connectivity index (χ1v) is 5.51. The molecule has 1 fully saturated rings. The molecule has 2 atom stereocenters. The molecule has 2 bridgehead atoms. The largest absolute Gasteiger partial charge is 0.450 e. The van der Waals surface area contributed by atoms with E-state index in [0.717, 1.165) is 24.8 Å². The molecule has 0 aromatic heterocycles. The van der Waals surface area contributed by atoms with E-state index < -0.39 is 0 Å². The van der Waals surface area contributed by atoms with Gasteiger partial charge in [-0.1, -0.05) is 6.08 Å². The van der Waals surface area contributed by atoms with Crippen molar-refractivity contribution in [3.8, 4) is 0 Å². The minimum Gasteiger partial charge on any atom is -0.450 e. The van der Waals surface area contributed by atoms with E-state index in [1.807, 2.05) is 17.9 Å². The third-order valence-electron chi connectivity index (χ3n) is 3.15. The molecule has 2 aliphatic heterocycles. The Balaban J connectivity index is 2.10. The second-order valence-electron chi connectivity index (χ2n) is 4.09. The number of carbonyl (C=O) groups is 1. The predicted molar refractivity (Wildman–Crippen MR) is 55.5 cm³/mol. The summed E-state index contributed by atoms with van der Waals surface area (Å²) >= 11 is 0. The number of amides is 1. The zero-order valence-electron chi connectivity index (χ0n) is 8.98. The van der Waals surface area contributed by atoms with Gasteiger partial charge in [0.05, 0.1) is 19.3 Å². The SMILES string of the molecule is CCOC(=O)N1C2C=C(CO)CC1CC2. The van der Waals surface area contributed by atoms with Crippen LogP contribution in [0, 0.1) is 0 Å². The van der Waals surface area contributed by atoms with Crippen LogP contribution in [0.3, 0.4) is 0 Å². The van der Waals surface area contributed by atoms with Gasteiger partial charge in [-0.25, -0.2) is 4.79 Å². The lowest BCUT2D eigenvalue weighted by Crippen LogP contribution is -2.43. The van der Waals surface area contributed by atoms with Gasteiger partial charge < -0.3 is 9.84 Å². The van der Waals surface area contributed by atoms with Crippen LogP contribution in [0.4, 0.5) is 4.79 Å². The predicted octanol–water partition coefficient (Wildman–Crippen LogP) is 1.30. The molecule has 0 aromatic carbocycles. The maximum atomic E-state index is 11.7. The van der Waals surface area contributed by atoms with Gasteiger partial charge in [-0.05, 0) is 31.8 Å². The Hall–Kier alpha value is -1.03. The van der Waals surface area contributed by atoms with E-state index in [2.05, 4.69) is 0 Å². The first-order valence-electron chi connectivity index (χ1n) is 5.51. The van der Waals surface area contributed by atoms with E-state index in [4.69, 9.17) is 9.84 Å². The molecule has 0 spiro atoms. The molecule has 2 aliphatic rings. The van der Waals surface area contributed by atoms with Gasteiger partial charge in [0.15, 0.2) is 0 Å². The average Bonchev–Trinajstić information content (AvgIpc) is 2.50. The molecule has 1 amide bonds. The van der Waals surface area contributed by atoms with Gasteiger partial charge in [-0.15, -0.1) is 0 Å². The molecule has 0 saturated carbocycles. The van der Waals surface area contributed by atoms with Crippen LogP contribution in [0.25, 0.3) is 0 Å². The summed E-state index contributed by atoms with van der Waals surface area (Å²) < 4.78 is 5.03. The Morgan fingerprint density at radius 3 is 3.07 bits per heavy atom. The summed E-state index contributed by atoms with van der Waals surface area (Å²) in [5.74, 6) is 0. The molecule has 1 N–H and O–H groups in total. The Labute approximate surface area is 89.5 Å². The van der Waals surface area contributed by atoms with Crippen LogP contribution in [0.15, 0.2) is 11.6 Å². The minimum absolute atomic E-state index is 0.115. The van der Waals surface area contributed by atoms with Gasteiger partial charge in [0.2, 0.25) is 0 Å². The molecule has 2 unspecified atom stereocenters. The molecule has 0 aromatic rings. The van der Waals surface area contributed by atoms with E-state index in [1.165, 1.54) is 0 Å². The third-order valence-corrected chi connectivity index (χ3v) is 3.15. The maximum Gasteiger partial charge on any atom is 0.410 e. The number of aliphatic hydroxyl groups is 1. The van der Waals surface area contributed by atoms with Gasteiger partial charge in [0, 0.05) is 6.04 Å². The van der Waals surface area contributed by atoms with Gasteiger partial charge >= 0.3 is 6.09 Å². The molecule has 1 saturated heterocycles. The molecular formula is C11H17NO3. The molecular weight excluding hydrogens is 194 g/mol. The van der Waals surface area contributed by atoms with Crippen molar-refractivity contribution in [1.29, 1.82) is 0 Å². The number of ether oxygens (including phenoxy) is 1. The monoisotopic (exact) mass is 211 g/mol. The van der Waals surface area contributed by atoms with Crippen molar-refractivity contribution in [3.05, 3.63) is 11.6 Å². The number of rotatable bonds is 2. The summed E-state index contributed by atoms with van der Waals surface area (Å²) in [5.41, 5.74) is 1.06. The van der Waals surface area contributed by atoms with Crippen molar-refractivity contribution >= 4 is 6.09 Å². The van der Waals surface area contributed by atoms with E-state index in [1.54, 1.807) is 0 Å². The number of fused-ring (bicyclic) bond motifs is 2. The lowest BCUT2D eigenvalue weighted by Gasteiger charge is -2.32. The molecule has 4 heteroatoms. The zero-order valence-corrected chi connectivity index (χ0v) is 8.98. The molecule has 4 nitrogen and oxygen atoms in total. The highest BCUT2D eigenvalue weighted by atomic mass is 16.6. The summed E-state index contributed by atoms with van der Waals surface area (Å²) in [7, 11) is 0. The van der Waals surface area contributed by atoms with Gasteiger partial charge in [0.25, 0.3) is 0 Å². The summed E-state index contributed by atoms with van der Waals surface area (Å²) in [4.78, 5) is 13.5. The van der Waals surface area contributed by atoms with E-state index in [-0.39, 0.29) is 24.8 Å². The average molecular weight is 211 g/mol. The standard InChI is InChI=1S/C11H17NO3/c1-2-15-11(14)12-9-3-4-10(12)6-8(5-9)7-13/h5,9-10,13H,2-4,6-7H2,1H3. The molecule has 15 heavy (non-hydrogen) atoms. The Morgan fingerprint density at radius 2 is 2.47 bits per heavy atom. The number of hydrogen-bond acceptors (Lipinski definition) is 3. The Kier molecular flexibility index (Phi) is 2.95. The summed E-state index contributed by atoms with van der Waals surface area (Å²) in [5, 5.41) is 9.08.